The van der Waals surface area contributed by atoms with Crippen LogP contribution in [0.2, 0.25) is 0 Å². The van der Waals surface area contributed by atoms with Crippen LogP contribution in [0.4, 0.5) is 4.39 Å². The molecule has 26 heavy (non-hydrogen) atoms. The van der Waals surface area contributed by atoms with Crippen molar-refractivity contribution in [3.63, 3.8) is 0 Å². The molecule has 1 aromatic heterocycles. The zero-order valence-corrected chi connectivity index (χ0v) is 16.1. The second-order valence-corrected chi connectivity index (χ2v) is 9.32. The van der Waals surface area contributed by atoms with Gasteiger partial charge < -0.3 is 0 Å². The van der Waals surface area contributed by atoms with Crippen LogP contribution in [0.1, 0.15) is 11.9 Å². The summed E-state index contributed by atoms with van der Waals surface area (Å²) >= 11 is 1.54. The minimum Gasteiger partial charge on any atom is -0.240 e. The highest BCUT2D eigenvalue weighted by Crippen LogP contribution is 2.37. The maximum atomic E-state index is 13.3. The molecule has 0 amide bonds. The molecule has 0 fully saturated rings. The molecule has 3 aromatic rings. The molecule has 0 atom stereocenters. The lowest BCUT2D eigenvalue weighted by Crippen LogP contribution is -1.96. The van der Waals surface area contributed by atoms with E-state index in [1.165, 1.54) is 29.7 Å². The molecule has 3 rings (SSSR count). The molecule has 0 aliphatic carbocycles. The number of nitrogens with zero attached hydrogens (tertiary/aromatic N) is 1. The normalized spacial score (nSPS) is 11.5. The van der Waals surface area contributed by atoms with Crippen LogP contribution in [0.5, 0.6) is 0 Å². The lowest BCUT2D eigenvalue weighted by molar-refractivity contribution is 0.602. The molecule has 0 unspecified atom stereocenters. The van der Waals surface area contributed by atoms with Crippen molar-refractivity contribution in [3.05, 3.63) is 71.5 Å². The van der Waals surface area contributed by atoms with E-state index in [4.69, 9.17) is 4.98 Å². The van der Waals surface area contributed by atoms with Crippen molar-refractivity contribution in [2.75, 3.05) is 6.26 Å². The van der Waals surface area contributed by atoms with E-state index >= 15 is 0 Å². The second-order valence-electron chi connectivity index (χ2n) is 6.22. The maximum absolute atomic E-state index is 13.3. The first kappa shape index (κ1) is 18.5. The first-order valence-corrected chi connectivity index (χ1v) is 10.7. The van der Waals surface area contributed by atoms with E-state index in [9.17, 15) is 12.8 Å². The van der Waals surface area contributed by atoms with E-state index in [0.717, 1.165) is 32.3 Å². The Morgan fingerprint density at radius 2 is 1.65 bits per heavy atom. The summed E-state index contributed by atoms with van der Waals surface area (Å²) in [6.07, 6.45) is 1.85. The van der Waals surface area contributed by atoms with Gasteiger partial charge in [-0.15, -0.1) is 11.3 Å². The summed E-state index contributed by atoms with van der Waals surface area (Å²) in [4.78, 5) is 5.91. The number of hydrogen-bond acceptors (Lipinski definition) is 4. The van der Waals surface area contributed by atoms with Gasteiger partial charge in [0.1, 0.15) is 5.82 Å². The van der Waals surface area contributed by atoms with Crippen molar-refractivity contribution in [1.82, 2.24) is 4.98 Å². The number of aromatic nitrogens is 1. The Morgan fingerprint density at radius 1 is 1.08 bits per heavy atom. The van der Waals surface area contributed by atoms with Crippen LogP contribution in [0.3, 0.4) is 0 Å². The van der Waals surface area contributed by atoms with Gasteiger partial charge in [0.05, 0.1) is 20.5 Å². The Hall–Kier alpha value is -2.31. The number of rotatable bonds is 5. The van der Waals surface area contributed by atoms with E-state index in [2.05, 4.69) is 6.58 Å². The molecule has 134 valence electrons. The molecule has 0 saturated carbocycles. The third kappa shape index (κ3) is 4.08. The lowest BCUT2D eigenvalue weighted by Gasteiger charge is -2.04. The van der Waals surface area contributed by atoms with Gasteiger partial charge in [-0.05, 0) is 48.9 Å². The Kier molecular flexibility index (Phi) is 5.07. The molecule has 0 spiro atoms. The Balaban J connectivity index is 2.11. The van der Waals surface area contributed by atoms with Crippen LogP contribution in [0.15, 0.2) is 65.6 Å². The molecule has 3 nitrogen and oxygen atoms in total. The monoisotopic (exact) mass is 387 g/mol. The highest BCUT2D eigenvalue weighted by molar-refractivity contribution is 7.90. The van der Waals surface area contributed by atoms with Gasteiger partial charge in [0.15, 0.2) is 9.84 Å². The summed E-state index contributed by atoms with van der Waals surface area (Å²) in [5.41, 5.74) is 3.46. The number of sulfone groups is 1. The standard InChI is InChI=1S/C20H18FNO2S2/c1-13(2)12-18-22-19(14-4-8-16(21)9-5-14)20(25-18)15-6-10-17(11-7-15)26(3,23)24/h4-11H,1,12H2,2-3H3. The quantitative estimate of drug-likeness (QED) is 0.570. The van der Waals surface area contributed by atoms with Crippen molar-refractivity contribution in [2.24, 2.45) is 0 Å². The van der Waals surface area contributed by atoms with Gasteiger partial charge in [-0.2, -0.15) is 0 Å². The Labute approximate surface area is 156 Å². The summed E-state index contributed by atoms with van der Waals surface area (Å²) in [6, 6.07) is 13.0. The number of thiazole rings is 1. The Morgan fingerprint density at radius 3 is 2.19 bits per heavy atom. The molecule has 0 N–H and O–H groups in total. The maximum Gasteiger partial charge on any atom is 0.175 e. The summed E-state index contributed by atoms with van der Waals surface area (Å²) in [6.45, 7) is 5.88. The van der Waals surface area contributed by atoms with Crippen LogP contribution in [0, 0.1) is 5.82 Å². The molecule has 6 heteroatoms. The highest BCUT2D eigenvalue weighted by atomic mass is 32.2. The fourth-order valence-corrected chi connectivity index (χ4v) is 4.39. The van der Waals surface area contributed by atoms with E-state index in [1.54, 1.807) is 36.4 Å². The molecule has 0 bridgehead atoms. The van der Waals surface area contributed by atoms with Crippen molar-refractivity contribution >= 4 is 21.2 Å². The van der Waals surface area contributed by atoms with Gasteiger partial charge in [0, 0.05) is 18.2 Å². The highest BCUT2D eigenvalue weighted by Gasteiger charge is 2.16. The van der Waals surface area contributed by atoms with E-state index in [1.807, 2.05) is 6.92 Å². The molecule has 0 saturated heterocycles. The van der Waals surface area contributed by atoms with Crippen LogP contribution >= 0.6 is 11.3 Å². The predicted molar refractivity (Wildman–Crippen MR) is 105 cm³/mol. The molecular weight excluding hydrogens is 369 g/mol. The summed E-state index contributed by atoms with van der Waals surface area (Å²) in [7, 11) is -3.25. The number of benzene rings is 2. The van der Waals surface area contributed by atoms with Crippen molar-refractivity contribution < 1.29 is 12.8 Å². The number of hydrogen-bond donors (Lipinski definition) is 0. The smallest absolute Gasteiger partial charge is 0.175 e. The zero-order valence-electron chi connectivity index (χ0n) is 14.5. The molecular formula is C20H18FNO2S2. The Bertz CT molecular complexity index is 1050. The third-order valence-electron chi connectivity index (χ3n) is 3.79. The fraction of sp³-hybridized carbons (Fsp3) is 0.150. The SMILES string of the molecule is C=C(C)Cc1nc(-c2ccc(F)cc2)c(-c2ccc(S(C)(=O)=O)cc2)s1. The first-order valence-electron chi connectivity index (χ1n) is 7.94. The van der Waals surface area contributed by atoms with Gasteiger partial charge in [0.2, 0.25) is 0 Å². The van der Waals surface area contributed by atoms with Gasteiger partial charge >= 0.3 is 0 Å². The van der Waals surface area contributed by atoms with Crippen LogP contribution in [0.25, 0.3) is 21.7 Å². The third-order valence-corrected chi connectivity index (χ3v) is 6.02. The summed E-state index contributed by atoms with van der Waals surface area (Å²) in [5.74, 6) is -0.301. The minimum atomic E-state index is -3.25. The molecule has 1 heterocycles. The van der Waals surface area contributed by atoms with Gasteiger partial charge in [-0.25, -0.2) is 17.8 Å². The average molecular weight is 388 g/mol. The number of allylic oxidation sites excluding steroid dienone is 1. The summed E-state index contributed by atoms with van der Waals surface area (Å²) in [5, 5.41) is 0.916. The van der Waals surface area contributed by atoms with Gasteiger partial charge in [-0.1, -0.05) is 24.3 Å². The van der Waals surface area contributed by atoms with Gasteiger partial charge in [-0.3, -0.25) is 0 Å². The summed E-state index contributed by atoms with van der Waals surface area (Å²) < 4.78 is 36.6. The average Bonchev–Trinajstić information content (AvgIpc) is 2.98. The molecule has 0 aliphatic rings. The lowest BCUT2D eigenvalue weighted by atomic mass is 10.1. The zero-order chi connectivity index (χ0) is 18.9. The van der Waals surface area contributed by atoms with E-state index < -0.39 is 9.84 Å². The molecule has 2 aromatic carbocycles. The van der Waals surface area contributed by atoms with E-state index in [0.29, 0.717) is 6.42 Å². The topological polar surface area (TPSA) is 47.0 Å². The van der Waals surface area contributed by atoms with Crippen LogP contribution < -0.4 is 0 Å². The second kappa shape index (κ2) is 7.13. The van der Waals surface area contributed by atoms with Crippen molar-refractivity contribution in [1.29, 1.82) is 0 Å². The van der Waals surface area contributed by atoms with Crippen molar-refractivity contribution in [3.8, 4) is 21.7 Å². The fourth-order valence-electron chi connectivity index (χ4n) is 2.55. The van der Waals surface area contributed by atoms with Crippen LogP contribution in [-0.4, -0.2) is 19.7 Å². The van der Waals surface area contributed by atoms with E-state index in [-0.39, 0.29) is 10.7 Å². The van der Waals surface area contributed by atoms with Gasteiger partial charge in [0.25, 0.3) is 0 Å². The molecule has 0 radical (unpaired) electrons. The predicted octanol–water partition coefficient (Wildman–Crippen LogP) is 5.14. The first-order chi connectivity index (χ1) is 12.2. The molecule has 0 aliphatic heterocycles. The largest absolute Gasteiger partial charge is 0.240 e. The number of halogens is 1. The minimum absolute atomic E-state index is 0.274. The van der Waals surface area contributed by atoms with Crippen LogP contribution in [-0.2, 0) is 16.3 Å². The van der Waals surface area contributed by atoms with Crippen molar-refractivity contribution in [2.45, 2.75) is 18.2 Å².